The molecule has 0 atom stereocenters. The molecule has 1 aliphatic heterocycles. The van der Waals surface area contributed by atoms with E-state index in [1.165, 1.54) is 25.9 Å². The van der Waals surface area contributed by atoms with Crippen molar-refractivity contribution in [2.45, 2.75) is 26.2 Å². The van der Waals surface area contributed by atoms with E-state index in [-0.39, 0.29) is 0 Å². The molecule has 0 radical (unpaired) electrons. The predicted octanol–water partition coefficient (Wildman–Crippen LogP) is 1.65. The summed E-state index contributed by atoms with van der Waals surface area (Å²) in [5, 5.41) is 0. The summed E-state index contributed by atoms with van der Waals surface area (Å²) in [5.41, 5.74) is 0. The maximum absolute atomic E-state index is 10.8. The van der Waals surface area contributed by atoms with Crippen molar-refractivity contribution in [2.75, 3.05) is 32.8 Å². The lowest BCUT2D eigenvalue weighted by molar-refractivity contribution is 0.0566. The van der Waals surface area contributed by atoms with E-state index in [0.717, 1.165) is 13.0 Å². The maximum atomic E-state index is 10.8. The van der Waals surface area contributed by atoms with Crippen LogP contribution in [0.1, 0.15) is 26.2 Å². The molecule has 1 fully saturated rings. The summed E-state index contributed by atoms with van der Waals surface area (Å²) in [7, 11) is 0. The van der Waals surface area contributed by atoms with Gasteiger partial charge < -0.3 is 14.4 Å². The first-order chi connectivity index (χ1) is 6.83. The van der Waals surface area contributed by atoms with Crippen molar-refractivity contribution >= 4 is 6.16 Å². The quantitative estimate of drug-likeness (QED) is 0.501. The highest BCUT2D eigenvalue weighted by atomic mass is 16.7. The van der Waals surface area contributed by atoms with Crippen molar-refractivity contribution < 1.29 is 14.3 Å². The van der Waals surface area contributed by atoms with E-state index in [4.69, 9.17) is 4.74 Å². The van der Waals surface area contributed by atoms with Gasteiger partial charge >= 0.3 is 6.16 Å². The second-order valence-corrected chi connectivity index (χ2v) is 3.43. The number of ether oxygens (including phenoxy) is 2. The molecular weight excluding hydrogens is 182 g/mol. The highest BCUT2D eigenvalue weighted by Gasteiger charge is 2.10. The lowest BCUT2D eigenvalue weighted by atomic mass is 10.4. The second-order valence-electron chi connectivity index (χ2n) is 3.43. The number of carbonyl (C=O) groups is 1. The normalized spacial score (nSPS) is 16.9. The maximum Gasteiger partial charge on any atom is 0.508 e. The van der Waals surface area contributed by atoms with Crippen LogP contribution >= 0.6 is 0 Å². The van der Waals surface area contributed by atoms with E-state index in [0.29, 0.717) is 13.2 Å². The van der Waals surface area contributed by atoms with Crippen LogP contribution in [0.4, 0.5) is 4.79 Å². The SMILES string of the molecule is CCOC(=O)OCCCN1CCCC1. The fourth-order valence-corrected chi connectivity index (χ4v) is 1.61. The zero-order chi connectivity index (χ0) is 10.2. The van der Waals surface area contributed by atoms with Crippen molar-refractivity contribution in [3.8, 4) is 0 Å². The van der Waals surface area contributed by atoms with E-state index in [1.807, 2.05) is 0 Å². The zero-order valence-electron chi connectivity index (χ0n) is 8.83. The molecule has 0 bridgehead atoms. The summed E-state index contributed by atoms with van der Waals surface area (Å²) in [6.07, 6.45) is 2.96. The molecule has 1 heterocycles. The van der Waals surface area contributed by atoms with Crippen LogP contribution in [-0.2, 0) is 9.47 Å². The Hall–Kier alpha value is -0.770. The third-order valence-electron chi connectivity index (χ3n) is 2.30. The summed E-state index contributed by atoms with van der Waals surface area (Å²) in [6.45, 7) is 6.03. The van der Waals surface area contributed by atoms with Gasteiger partial charge in [-0.1, -0.05) is 0 Å². The molecule has 4 nitrogen and oxygen atoms in total. The standard InChI is InChI=1S/C10H19NO3/c1-2-13-10(12)14-9-5-8-11-6-3-4-7-11/h2-9H2,1H3. The minimum atomic E-state index is -0.547. The van der Waals surface area contributed by atoms with Gasteiger partial charge in [0, 0.05) is 6.54 Å². The van der Waals surface area contributed by atoms with E-state index in [1.54, 1.807) is 6.92 Å². The molecule has 0 saturated carbocycles. The predicted molar refractivity (Wildman–Crippen MR) is 53.3 cm³/mol. The van der Waals surface area contributed by atoms with Crippen molar-refractivity contribution in [1.29, 1.82) is 0 Å². The molecule has 0 spiro atoms. The Morgan fingerprint density at radius 2 is 2.00 bits per heavy atom. The summed E-state index contributed by atoms with van der Waals surface area (Å²) in [5.74, 6) is 0. The Morgan fingerprint density at radius 3 is 2.64 bits per heavy atom. The molecule has 0 aromatic rings. The van der Waals surface area contributed by atoms with Gasteiger partial charge in [-0.15, -0.1) is 0 Å². The zero-order valence-corrected chi connectivity index (χ0v) is 8.83. The molecule has 82 valence electrons. The van der Waals surface area contributed by atoms with Crippen LogP contribution < -0.4 is 0 Å². The first-order valence-electron chi connectivity index (χ1n) is 5.35. The Morgan fingerprint density at radius 1 is 1.29 bits per heavy atom. The van der Waals surface area contributed by atoms with Crippen molar-refractivity contribution in [1.82, 2.24) is 4.90 Å². The van der Waals surface area contributed by atoms with Crippen LogP contribution in [-0.4, -0.2) is 43.9 Å². The molecule has 1 aliphatic rings. The lowest BCUT2D eigenvalue weighted by Crippen LogP contribution is -2.22. The van der Waals surface area contributed by atoms with Crippen molar-refractivity contribution in [3.63, 3.8) is 0 Å². The smallest absolute Gasteiger partial charge is 0.435 e. The third-order valence-corrected chi connectivity index (χ3v) is 2.30. The van der Waals surface area contributed by atoms with Crippen LogP contribution in [0.15, 0.2) is 0 Å². The molecule has 0 aromatic heterocycles. The number of hydrogen-bond donors (Lipinski definition) is 0. The van der Waals surface area contributed by atoms with Crippen LogP contribution in [0.2, 0.25) is 0 Å². The Balaban J connectivity index is 1.90. The van der Waals surface area contributed by atoms with Gasteiger partial charge in [0.05, 0.1) is 13.2 Å². The van der Waals surface area contributed by atoms with E-state index >= 15 is 0 Å². The highest BCUT2D eigenvalue weighted by molar-refractivity contribution is 5.59. The molecule has 14 heavy (non-hydrogen) atoms. The first kappa shape index (κ1) is 11.3. The highest BCUT2D eigenvalue weighted by Crippen LogP contribution is 2.07. The van der Waals surface area contributed by atoms with Crippen LogP contribution in [0.5, 0.6) is 0 Å². The van der Waals surface area contributed by atoms with E-state index in [2.05, 4.69) is 9.64 Å². The van der Waals surface area contributed by atoms with Gasteiger partial charge in [0.25, 0.3) is 0 Å². The summed E-state index contributed by atoms with van der Waals surface area (Å²) in [6, 6.07) is 0. The lowest BCUT2D eigenvalue weighted by Gasteiger charge is -2.13. The van der Waals surface area contributed by atoms with Gasteiger partial charge in [-0.05, 0) is 39.3 Å². The second kappa shape index (κ2) is 6.65. The fraction of sp³-hybridized carbons (Fsp3) is 0.900. The Labute approximate surface area is 85.2 Å². The molecule has 4 heteroatoms. The Bertz CT molecular complexity index is 167. The third kappa shape index (κ3) is 4.46. The molecule has 0 N–H and O–H groups in total. The largest absolute Gasteiger partial charge is 0.508 e. The van der Waals surface area contributed by atoms with Gasteiger partial charge in [-0.2, -0.15) is 0 Å². The molecule has 1 rings (SSSR count). The summed E-state index contributed by atoms with van der Waals surface area (Å²) < 4.78 is 9.49. The fourth-order valence-electron chi connectivity index (χ4n) is 1.61. The monoisotopic (exact) mass is 201 g/mol. The number of carbonyl (C=O) groups excluding carboxylic acids is 1. The summed E-state index contributed by atoms with van der Waals surface area (Å²) >= 11 is 0. The molecule has 0 amide bonds. The van der Waals surface area contributed by atoms with Crippen molar-refractivity contribution in [3.05, 3.63) is 0 Å². The number of likely N-dealkylation sites (tertiary alicyclic amines) is 1. The molecule has 0 aromatic carbocycles. The molecule has 0 unspecified atom stereocenters. The van der Waals surface area contributed by atoms with Gasteiger partial charge in [-0.3, -0.25) is 0 Å². The number of nitrogens with zero attached hydrogens (tertiary/aromatic N) is 1. The molecular formula is C10H19NO3. The molecule has 0 aliphatic carbocycles. The first-order valence-corrected chi connectivity index (χ1v) is 5.35. The average Bonchev–Trinajstić information content (AvgIpc) is 2.65. The van der Waals surface area contributed by atoms with Crippen LogP contribution in [0, 0.1) is 0 Å². The van der Waals surface area contributed by atoms with E-state index < -0.39 is 6.16 Å². The van der Waals surface area contributed by atoms with Gasteiger partial charge in [0.1, 0.15) is 0 Å². The van der Waals surface area contributed by atoms with Crippen LogP contribution in [0.25, 0.3) is 0 Å². The Kier molecular flexibility index (Phi) is 5.37. The van der Waals surface area contributed by atoms with Crippen LogP contribution in [0.3, 0.4) is 0 Å². The van der Waals surface area contributed by atoms with Gasteiger partial charge in [0.2, 0.25) is 0 Å². The summed E-state index contributed by atoms with van der Waals surface area (Å²) in [4.78, 5) is 13.2. The topological polar surface area (TPSA) is 38.8 Å². The number of hydrogen-bond acceptors (Lipinski definition) is 4. The van der Waals surface area contributed by atoms with Gasteiger partial charge in [0.15, 0.2) is 0 Å². The number of rotatable bonds is 5. The average molecular weight is 201 g/mol. The minimum absolute atomic E-state index is 0.380. The minimum Gasteiger partial charge on any atom is -0.435 e. The molecule has 1 saturated heterocycles. The van der Waals surface area contributed by atoms with E-state index in [9.17, 15) is 4.79 Å². The van der Waals surface area contributed by atoms with Gasteiger partial charge in [-0.25, -0.2) is 4.79 Å². The van der Waals surface area contributed by atoms with Crippen molar-refractivity contribution in [2.24, 2.45) is 0 Å².